The van der Waals surface area contributed by atoms with Crippen molar-refractivity contribution in [3.8, 4) is 0 Å². The van der Waals surface area contributed by atoms with Crippen LogP contribution in [0, 0.1) is 11.3 Å². The smallest absolute Gasteiger partial charge is 0.410 e. The number of piperidine rings is 1. The third-order valence-electron chi connectivity index (χ3n) is 4.84. The van der Waals surface area contributed by atoms with Gasteiger partial charge >= 0.3 is 12.1 Å². The fourth-order valence-corrected chi connectivity index (χ4v) is 3.65. The molecule has 1 aromatic carbocycles. The zero-order valence-corrected chi connectivity index (χ0v) is 14.6. The van der Waals surface area contributed by atoms with Crippen molar-refractivity contribution in [2.75, 3.05) is 19.7 Å². The average Bonchev–Trinajstić information content (AvgIpc) is 2.83. The lowest BCUT2D eigenvalue weighted by Gasteiger charge is -2.41. The molecule has 2 heterocycles. The summed E-state index contributed by atoms with van der Waals surface area (Å²) in [5, 5.41) is 0. The number of rotatable bonds is 2. The first-order valence-electron chi connectivity index (χ1n) is 8.49. The molecular weight excluding hydrogens is 306 g/mol. The number of carbonyl (C=O) groups excluding carboxylic acids is 2. The van der Waals surface area contributed by atoms with E-state index in [9.17, 15) is 9.59 Å². The zero-order chi connectivity index (χ0) is 17.4. The molecule has 0 radical (unpaired) electrons. The maximum Gasteiger partial charge on any atom is 0.410 e. The van der Waals surface area contributed by atoms with E-state index in [-0.39, 0.29) is 18.0 Å². The van der Waals surface area contributed by atoms with Crippen LogP contribution in [0.25, 0.3) is 0 Å². The van der Waals surface area contributed by atoms with Gasteiger partial charge in [-0.25, -0.2) is 4.79 Å². The van der Waals surface area contributed by atoms with E-state index in [1.807, 2.05) is 51.1 Å². The lowest BCUT2D eigenvalue weighted by molar-refractivity contribution is -0.148. The number of carbonyl (C=O) groups is 2. The largest absolute Gasteiger partial charge is 0.465 e. The van der Waals surface area contributed by atoms with Gasteiger partial charge in [-0.15, -0.1) is 0 Å². The Morgan fingerprint density at radius 1 is 1.33 bits per heavy atom. The van der Waals surface area contributed by atoms with Gasteiger partial charge in [0.1, 0.15) is 5.60 Å². The Kier molecular flexibility index (Phi) is 4.28. The molecule has 0 spiro atoms. The Labute approximate surface area is 142 Å². The summed E-state index contributed by atoms with van der Waals surface area (Å²) in [6.45, 7) is 6.96. The zero-order valence-electron chi connectivity index (χ0n) is 14.6. The molecule has 0 aromatic heterocycles. The van der Waals surface area contributed by atoms with Crippen molar-refractivity contribution in [2.45, 2.75) is 39.2 Å². The van der Waals surface area contributed by atoms with Crippen LogP contribution in [0.5, 0.6) is 0 Å². The first-order valence-corrected chi connectivity index (χ1v) is 8.49. The highest BCUT2D eigenvalue weighted by atomic mass is 16.6. The van der Waals surface area contributed by atoms with Crippen molar-refractivity contribution in [3.05, 3.63) is 35.9 Å². The summed E-state index contributed by atoms with van der Waals surface area (Å²) in [5.74, 6) is -0.0338. The van der Waals surface area contributed by atoms with Crippen LogP contribution in [0.4, 0.5) is 4.79 Å². The Morgan fingerprint density at radius 3 is 2.71 bits per heavy atom. The molecule has 1 aromatic rings. The molecule has 2 saturated heterocycles. The number of likely N-dealkylation sites (tertiary alicyclic amines) is 1. The van der Waals surface area contributed by atoms with Crippen molar-refractivity contribution in [1.29, 1.82) is 0 Å². The van der Waals surface area contributed by atoms with Crippen LogP contribution >= 0.6 is 0 Å². The van der Waals surface area contributed by atoms with Gasteiger partial charge in [0, 0.05) is 19.0 Å². The first-order chi connectivity index (χ1) is 11.3. The lowest BCUT2D eigenvalue weighted by Crippen LogP contribution is -2.54. The van der Waals surface area contributed by atoms with E-state index in [1.165, 1.54) is 0 Å². The minimum atomic E-state index is -0.656. The number of benzene rings is 1. The van der Waals surface area contributed by atoms with Gasteiger partial charge in [-0.05, 0) is 39.2 Å². The average molecular weight is 331 g/mol. The molecule has 2 unspecified atom stereocenters. The molecule has 5 nitrogen and oxygen atoms in total. The van der Waals surface area contributed by atoms with E-state index in [2.05, 4.69) is 0 Å². The topological polar surface area (TPSA) is 55.8 Å². The number of esters is 1. The van der Waals surface area contributed by atoms with Crippen LogP contribution in [-0.4, -0.2) is 42.3 Å². The van der Waals surface area contributed by atoms with Gasteiger partial charge in [0.05, 0.1) is 12.0 Å². The summed E-state index contributed by atoms with van der Waals surface area (Å²) in [4.78, 5) is 26.7. The summed E-state index contributed by atoms with van der Waals surface area (Å²) < 4.78 is 10.9. The number of ether oxygens (including phenoxy) is 2. The molecule has 0 bridgehead atoms. The number of hydrogen-bond donors (Lipinski definition) is 0. The maximum absolute atomic E-state index is 12.6. The van der Waals surface area contributed by atoms with Gasteiger partial charge in [0.15, 0.2) is 0 Å². The fraction of sp³-hybridized carbons (Fsp3) is 0.579. The maximum atomic E-state index is 12.6. The molecule has 0 N–H and O–H groups in total. The Balaban J connectivity index is 1.82. The van der Waals surface area contributed by atoms with Crippen molar-refractivity contribution < 1.29 is 19.1 Å². The number of nitrogens with zero attached hydrogens (tertiary/aromatic N) is 1. The fourth-order valence-electron chi connectivity index (χ4n) is 3.65. The molecular formula is C19H25NO4. The number of fused-ring (bicyclic) bond motifs is 1. The molecule has 2 fully saturated rings. The first kappa shape index (κ1) is 16.8. The molecule has 130 valence electrons. The van der Waals surface area contributed by atoms with Crippen molar-refractivity contribution in [3.63, 3.8) is 0 Å². The van der Waals surface area contributed by atoms with E-state index in [0.29, 0.717) is 26.1 Å². The van der Waals surface area contributed by atoms with Crippen LogP contribution < -0.4 is 0 Å². The highest BCUT2D eigenvalue weighted by molar-refractivity contribution is 5.81. The van der Waals surface area contributed by atoms with Crippen LogP contribution in [0.1, 0.15) is 32.8 Å². The quantitative estimate of drug-likeness (QED) is 0.782. The Morgan fingerprint density at radius 2 is 2.04 bits per heavy atom. The molecule has 2 aliphatic heterocycles. The molecule has 0 saturated carbocycles. The third kappa shape index (κ3) is 3.25. The van der Waals surface area contributed by atoms with E-state index in [1.54, 1.807) is 4.90 Å². The number of amides is 1. The van der Waals surface area contributed by atoms with Gasteiger partial charge in [-0.1, -0.05) is 30.3 Å². The second kappa shape index (κ2) is 6.11. The number of cyclic esters (lactones) is 1. The number of hydrogen-bond acceptors (Lipinski definition) is 4. The third-order valence-corrected chi connectivity index (χ3v) is 4.84. The van der Waals surface area contributed by atoms with Crippen molar-refractivity contribution >= 4 is 12.1 Å². The molecule has 5 heteroatoms. The second-order valence-electron chi connectivity index (χ2n) is 7.80. The van der Waals surface area contributed by atoms with E-state index in [0.717, 1.165) is 12.0 Å². The molecule has 2 atom stereocenters. The van der Waals surface area contributed by atoms with Gasteiger partial charge < -0.3 is 14.4 Å². The minimum absolute atomic E-state index is 0.156. The summed E-state index contributed by atoms with van der Waals surface area (Å²) >= 11 is 0. The summed E-state index contributed by atoms with van der Waals surface area (Å²) in [7, 11) is 0. The van der Waals surface area contributed by atoms with E-state index >= 15 is 0 Å². The van der Waals surface area contributed by atoms with E-state index in [4.69, 9.17) is 9.47 Å². The molecule has 0 aliphatic carbocycles. The monoisotopic (exact) mass is 331 g/mol. The SMILES string of the molecule is CC(C)(C)OC(=O)N1CCC2COC(=O)C2(Cc2ccccc2)C1. The second-order valence-corrected chi connectivity index (χ2v) is 7.80. The Bertz CT molecular complexity index is 622. The molecule has 3 rings (SSSR count). The minimum Gasteiger partial charge on any atom is -0.465 e. The molecule has 1 amide bonds. The lowest BCUT2D eigenvalue weighted by atomic mass is 9.69. The summed E-state index contributed by atoms with van der Waals surface area (Å²) in [6.07, 6.45) is 1.00. The van der Waals surface area contributed by atoms with Crippen LogP contribution in [0.15, 0.2) is 30.3 Å². The van der Waals surface area contributed by atoms with Gasteiger partial charge in [-0.3, -0.25) is 4.79 Å². The molecule has 24 heavy (non-hydrogen) atoms. The van der Waals surface area contributed by atoms with Gasteiger partial charge in [-0.2, -0.15) is 0 Å². The standard InChI is InChI=1S/C19H25NO4/c1-18(2,3)24-17(22)20-10-9-15-12-23-16(21)19(15,13-20)11-14-7-5-4-6-8-14/h4-8,15H,9-13H2,1-3H3. The molecule has 2 aliphatic rings. The van der Waals surface area contributed by atoms with Crippen LogP contribution in [-0.2, 0) is 20.7 Å². The summed E-state index contributed by atoms with van der Waals surface area (Å²) in [6, 6.07) is 9.93. The van der Waals surface area contributed by atoms with Gasteiger partial charge in [0.25, 0.3) is 0 Å². The van der Waals surface area contributed by atoms with Crippen molar-refractivity contribution in [2.24, 2.45) is 11.3 Å². The Hall–Kier alpha value is -2.04. The highest BCUT2D eigenvalue weighted by Crippen LogP contribution is 2.44. The predicted octanol–water partition coefficient (Wildman–Crippen LogP) is 3.03. The van der Waals surface area contributed by atoms with E-state index < -0.39 is 11.0 Å². The highest BCUT2D eigenvalue weighted by Gasteiger charge is 2.56. The normalized spacial score (nSPS) is 26.7. The van der Waals surface area contributed by atoms with Crippen LogP contribution in [0.3, 0.4) is 0 Å². The van der Waals surface area contributed by atoms with Crippen LogP contribution in [0.2, 0.25) is 0 Å². The predicted molar refractivity (Wildman–Crippen MR) is 89.5 cm³/mol. The van der Waals surface area contributed by atoms with Crippen molar-refractivity contribution in [1.82, 2.24) is 4.90 Å². The van der Waals surface area contributed by atoms with Gasteiger partial charge in [0.2, 0.25) is 0 Å². The summed E-state index contributed by atoms with van der Waals surface area (Å²) in [5.41, 5.74) is -0.111.